The van der Waals surface area contributed by atoms with Gasteiger partial charge in [-0.25, -0.2) is 17.5 Å². The van der Waals surface area contributed by atoms with E-state index >= 15 is 0 Å². The summed E-state index contributed by atoms with van der Waals surface area (Å²) in [5, 5.41) is 0. The molecule has 0 aliphatic carbocycles. The number of carbonyl (C=O) groups excluding carboxylic acids is 1. The lowest BCUT2D eigenvalue weighted by Crippen LogP contribution is -2.38. The second-order valence-corrected chi connectivity index (χ2v) is 6.69. The van der Waals surface area contributed by atoms with Gasteiger partial charge in [0.2, 0.25) is 15.9 Å². The average molecular weight is 300 g/mol. The summed E-state index contributed by atoms with van der Waals surface area (Å²) in [6.45, 7) is 0.499. The smallest absolute Gasteiger partial charge is 0.239 e. The molecule has 0 bridgehead atoms. The minimum Gasteiger partial charge on any atom is -0.335 e. The number of benzene rings is 1. The molecule has 1 amide bonds. The SMILES string of the molecule is CNS(=O)(=O)CC(=O)N1CCCC1c1cccc(F)c1. The van der Waals surface area contributed by atoms with Crippen molar-refractivity contribution in [1.29, 1.82) is 0 Å². The minimum absolute atomic E-state index is 0.245. The maximum Gasteiger partial charge on any atom is 0.239 e. The molecule has 1 N–H and O–H groups in total. The number of nitrogens with one attached hydrogen (secondary N) is 1. The zero-order chi connectivity index (χ0) is 14.8. The quantitative estimate of drug-likeness (QED) is 0.903. The number of nitrogens with zero attached hydrogens (tertiary/aromatic N) is 1. The first kappa shape index (κ1) is 14.9. The van der Waals surface area contributed by atoms with Crippen molar-refractivity contribution in [3.63, 3.8) is 0 Å². The molecule has 1 atom stereocenters. The van der Waals surface area contributed by atoms with Crippen molar-refractivity contribution in [2.75, 3.05) is 19.3 Å². The molecule has 20 heavy (non-hydrogen) atoms. The molecule has 1 heterocycles. The largest absolute Gasteiger partial charge is 0.335 e. The number of sulfonamides is 1. The van der Waals surface area contributed by atoms with Gasteiger partial charge in [-0.1, -0.05) is 12.1 Å². The van der Waals surface area contributed by atoms with Crippen LogP contribution in [0.5, 0.6) is 0 Å². The van der Waals surface area contributed by atoms with Gasteiger partial charge < -0.3 is 4.90 Å². The average Bonchev–Trinajstić information content (AvgIpc) is 2.87. The summed E-state index contributed by atoms with van der Waals surface area (Å²) in [6.07, 6.45) is 1.50. The Kier molecular flexibility index (Phi) is 4.39. The van der Waals surface area contributed by atoms with E-state index in [0.29, 0.717) is 12.1 Å². The highest BCUT2D eigenvalue weighted by molar-refractivity contribution is 7.90. The van der Waals surface area contributed by atoms with Crippen LogP contribution in [0.3, 0.4) is 0 Å². The van der Waals surface area contributed by atoms with E-state index in [4.69, 9.17) is 0 Å². The molecule has 1 aliphatic heterocycles. The van der Waals surface area contributed by atoms with E-state index in [1.54, 1.807) is 12.1 Å². The normalized spacial score (nSPS) is 19.3. The first-order valence-corrected chi connectivity index (χ1v) is 8.04. The van der Waals surface area contributed by atoms with Crippen molar-refractivity contribution < 1.29 is 17.6 Å². The predicted octanol–water partition coefficient (Wildman–Crippen LogP) is 1.04. The van der Waals surface area contributed by atoms with Gasteiger partial charge in [-0.05, 0) is 37.6 Å². The summed E-state index contributed by atoms with van der Waals surface area (Å²) in [5.74, 6) is -1.38. The van der Waals surface area contributed by atoms with Gasteiger partial charge in [-0.3, -0.25) is 4.79 Å². The Morgan fingerprint density at radius 2 is 2.25 bits per heavy atom. The second kappa shape index (κ2) is 5.88. The Hall–Kier alpha value is -1.47. The molecule has 1 unspecified atom stereocenters. The number of carbonyl (C=O) groups is 1. The summed E-state index contributed by atoms with van der Waals surface area (Å²) in [6, 6.07) is 5.84. The number of hydrogen-bond acceptors (Lipinski definition) is 3. The number of halogens is 1. The van der Waals surface area contributed by atoms with E-state index in [1.165, 1.54) is 24.1 Å². The Bertz CT molecular complexity index is 603. The lowest BCUT2D eigenvalue weighted by molar-refractivity contribution is -0.129. The fourth-order valence-corrected chi connectivity index (χ4v) is 3.08. The Morgan fingerprint density at radius 3 is 2.90 bits per heavy atom. The van der Waals surface area contributed by atoms with E-state index in [-0.39, 0.29) is 11.9 Å². The maximum atomic E-state index is 13.3. The van der Waals surface area contributed by atoms with E-state index in [2.05, 4.69) is 4.72 Å². The lowest BCUT2D eigenvalue weighted by Gasteiger charge is -2.25. The van der Waals surface area contributed by atoms with Crippen LogP contribution in [0.1, 0.15) is 24.4 Å². The van der Waals surface area contributed by atoms with E-state index in [0.717, 1.165) is 12.8 Å². The maximum absolute atomic E-state index is 13.3. The topological polar surface area (TPSA) is 66.5 Å². The number of hydrogen-bond donors (Lipinski definition) is 1. The molecule has 1 saturated heterocycles. The van der Waals surface area contributed by atoms with Crippen molar-refractivity contribution >= 4 is 15.9 Å². The van der Waals surface area contributed by atoms with Crippen LogP contribution in [0, 0.1) is 5.82 Å². The van der Waals surface area contributed by atoms with Crippen molar-refractivity contribution in [3.05, 3.63) is 35.6 Å². The van der Waals surface area contributed by atoms with Crippen LogP contribution in [0.4, 0.5) is 4.39 Å². The van der Waals surface area contributed by atoms with E-state index < -0.39 is 21.7 Å². The van der Waals surface area contributed by atoms with Crippen molar-refractivity contribution in [2.45, 2.75) is 18.9 Å². The third-order valence-electron chi connectivity index (χ3n) is 3.43. The third kappa shape index (κ3) is 3.34. The molecular formula is C13H17FN2O3S. The first-order valence-electron chi connectivity index (χ1n) is 6.39. The van der Waals surface area contributed by atoms with Crippen LogP contribution in [-0.2, 0) is 14.8 Å². The van der Waals surface area contributed by atoms with E-state index in [9.17, 15) is 17.6 Å². The molecule has 0 radical (unpaired) electrons. The van der Waals surface area contributed by atoms with Gasteiger partial charge in [-0.2, -0.15) is 0 Å². The second-order valence-electron chi connectivity index (χ2n) is 4.76. The van der Waals surface area contributed by atoms with Crippen LogP contribution in [-0.4, -0.2) is 38.6 Å². The standard InChI is InChI=1S/C13H17FN2O3S/c1-15-20(18,19)9-13(17)16-7-3-6-12(16)10-4-2-5-11(14)8-10/h2,4-5,8,12,15H,3,6-7,9H2,1H3. The van der Waals surface area contributed by atoms with Crippen LogP contribution >= 0.6 is 0 Å². The molecule has 1 aromatic carbocycles. The zero-order valence-corrected chi connectivity index (χ0v) is 12.0. The molecule has 5 nitrogen and oxygen atoms in total. The summed E-state index contributed by atoms with van der Waals surface area (Å²) < 4.78 is 38.3. The summed E-state index contributed by atoms with van der Waals surface area (Å²) in [5.41, 5.74) is 0.706. The Balaban J connectivity index is 2.17. The lowest BCUT2D eigenvalue weighted by atomic mass is 10.0. The molecule has 0 spiro atoms. The summed E-state index contributed by atoms with van der Waals surface area (Å²) in [7, 11) is -2.31. The van der Waals surface area contributed by atoms with Gasteiger partial charge in [-0.15, -0.1) is 0 Å². The molecule has 110 valence electrons. The van der Waals surface area contributed by atoms with Crippen LogP contribution in [0.15, 0.2) is 24.3 Å². The van der Waals surface area contributed by atoms with Crippen LogP contribution < -0.4 is 4.72 Å². The molecule has 2 rings (SSSR count). The fraction of sp³-hybridized carbons (Fsp3) is 0.462. The highest BCUT2D eigenvalue weighted by atomic mass is 32.2. The first-order chi connectivity index (χ1) is 9.43. The van der Waals surface area contributed by atoms with Gasteiger partial charge in [0.1, 0.15) is 11.6 Å². The van der Waals surface area contributed by atoms with E-state index in [1.807, 2.05) is 0 Å². The summed E-state index contributed by atoms with van der Waals surface area (Å²) >= 11 is 0. The molecule has 7 heteroatoms. The molecule has 0 aromatic heterocycles. The van der Waals surface area contributed by atoms with Gasteiger partial charge in [0, 0.05) is 6.54 Å². The summed E-state index contributed by atoms with van der Waals surface area (Å²) in [4.78, 5) is 13.6. The van der Waals surface area contributed by atoms with Crippen LogP contribution in [0.2, 0.25) is 0 Å². The number of rotatable bonds is 4. The minimum atomic E-state index is -3.59. The van der Waals surface area contributed by atoms with Crippen molar-refractivity contribution in [2.24, 2.45) is 0 Å². The van der Waals surface area contributed by atoms with Crippen molar-refractivity contribution in [1.82, 2.24) is 9.62 Å². The number of amides is 1. The van der Waals surface area contributed by atoms with Crippen molar-refractivity contribution in [3.8, 4) is 0 Å². The zero-order valence-electron chi connectivity index (χ0n) is 11.2. The fourth-order valence-electron chi connectivity index (χ4n) is 2.44. The molecule has 1 fully saturated rings. The number of likely N-dealkylation sites (tertiary alicyclic amines) is 1. The molecular weight excluding hydrogens is 283 g/mol. The van der Waals surface area contributed by atoms with Gasteiger partial charge in [0.25, 0.3) is 0 Å². The monoisotopic (exact) mass is 300 g/mol. The Labute approximate surface area is 117 Å². The van der Waals surface area contributed by atoms with Gasteiger partial charge >= 0.3 is 0 Å². The molecule has 1 aromatic rings. The van der Waals surface area contributed by atoms with Gasteiger partial charge in [0.05, 0.1) is 6.04 Å². The van der Waals surface area contributed by atoms with Crippen LogP contribution in [0.25, 0.3) is 0 Å². The highest BCUT2D eigenvalue weighted by Gasteiger charge is 2.32. The molecule has 1 aliphatic rings. The molecule has 0 saturated carbocycles. The Morgan fingerprint density at radius 1 is 1.50 bits per heavy atom. The predicted molar refractivity (Wildman–Crippen MR) is 72.9 cm³/mol. The third-order valence-corrected chi connectivity index (χ3v) is 4.68. The van der Waals surface area contributed by atoms with Gasteiger partial charge in [0.15, 0.2) is 0 Å². The highest BCUT2D eigenvalue weighted by Crippen LogP contribution is 2.32.